The highest BCUT2D eigenvalue weighted by Gasteiger charge is 2.51. The van der Waals surface area contributed by atoms with E-state index in [1.165, 1.54) is 0 Å². The molecule has 1 spiro atoms. The van der Waals surface area contributed by atoms with Crippen LogP contribution in [0.15, 0.2) is 24.3 Å². The summed E-state index contributed by atoms with van der Waals surface area (Å²) in [5.74, 6) is -0.432. The van der Waals surface area contributed by atoms with E-state index in [1.807, 2.05) is 24.3 Å². The second-order valence-corrected chi connectivity index (χ2v) is 5.23. The fourth-order valence-corrected chi connectivity index (χ4v) is 2.91. The third-order valence-corrected chi connectivity index (χ3v) is 4.21. The average molecular weight is 305 g/mol. The van der Waals surface area contributed by atoms with Crippen molar-refractivity contribution in [3.8, 4) is 5.75 Å². The van der Waals surface area contributed by atoms with E-state index >= 15 is 0 Å². The van der Waals surface area contributed by atoms with Crippen LogP contribution in [0.1, 0.15) is 5.56 Å². The molecule has 0 saturated carbocycles. The van der Waals surface area contributed by atoms with Crippen molar-refractivity contribution in [3.05, 3.63) is 29.8 Å². The van der Waals surface area contributed by atoms with Gasteiger partial charge in [-0.3, -0.25) is 0 Å². The van der Waals surface area contributed by atoms with Gasteiger partial charge in [0.2, 0.25) is 5.79 Å². The van der Waals surface area contributed by atoms with Crippen LogP contribution in [0.4, 0.5) is 0 Å². The Morgan fingerprint density at radius 1 is 1.00 bits per heavy atom. The third-order valence-electron chi connectivity index (χ3n) is 3.19. The van der Waals surface area contributed by atoms with E-state index in [1.54, 1.807) is 0 Å². The number of benzene rings is 1. The maximum Gasteiger partial charge on any atom is 0.219 e. The largest absolute Gasteiger partial charge is 0.491 e. The molecule has 1 saturated heterocycles. The Labute approximate surface area is 121 Å². The molecule has 1 fully saturated rings. The summed E-state index contributed by atoms with van der Waals surface area (Å²) in [5, 5.41) is -0.667. The van der Waals surface area contributed by atoms with E-state index in [-0.39, 0.29) is 0 Å². The SMILES string of the molecule is ClC1OCCOc2ccccc2C2(OCCO2)C1Cl. The number of para-hydroxylation sites is 1. The molecule has 2 aliphatic heterocycles. The summed E-state index contributed by atoms with van der Waals surface area (Å²) < 4.78 is 22.7. The van der Waals surface area contributed by atoms with Crippen molar-refractivity contribution in [1.82, 2.24) is 0 Å². The van der Waals surface area contributed by atoms with Crippen molar-refractivity contribution < 1.29 is 18.9 Å². The van der Waals surface area contributed by atoms with Crippen molar-refractivity contribution >= 4 is 23.2 Å². The topological polar surface area (TPSA) is 36.9 Å². The van der Waals surface area contributed by atoms with Crippen LogP contribution in [-0.4, -0.2) is 37.4 Å². The molecular formula is C13H14Cl2O4. The van der Waals surface area contributed by atoms with Crippen LogP contribution in [0.3, 0.4) is 0 Å². The molecule has 2 aliphatic rings. The van der Waals surface area contributed by atoms with E-state index < -0.39 is 16.7 Å². The molecule has 3 rings (SSSR count). The summed E-state index contributed by atoms with van der Waals surface area (Å²) in [6.45, 7) is 1.68. The smallest absolute Gasteiger partial charge is 0.219 e. The number of halogens is 2. The van der Waals surface area contributed by atoms with Gasteiger partial charge in [-0.15, -0.1) is 11.6 Å². The zero-order valence-corrected chi connectivity index (χ0v) is 11.7. The average Bonchev–Trinajstić information content (AvgIpc) is 2.93. The highest BCUT2D eigenvalue weighted by atomic mass is 35.5. The second-order valence-electron chi connectivity index (χ2n) is 4.33. The Bertz CT molecular complexity index is 448. The van der Waals surface area contributed by atoms with Crippen molar-refractivity contribution in [1.29, 1.82) is 0 Å². The van der Waals surface area contributed by atoms with Gasteiger partial charge >= 0.3 is 0 Å². The molecule has 6 heteroatoms. The standard InChI is InChI=1S/C13H14Cl2O4/c14-11-12(15)17-6-5-16-10-4-2-1-3-9(10)13(11)18-7-8-19-13/h1-4,11-12H,5-8H2. The lowest BCUT2D eigenvalue weighted by Gasteiger charge is -2.34. The molecule has 19 heavy (non-hydrogen) atoms. The Morgan fingerprint density at radius 3 is 2.53 bits per heavy atom. The van der Waals surface area contributed by atoms with Crippen LogP contribution in [0.2, 0.25) is 0 Å². The first kappa shape index (κ1) is 13.5. The summed E-state index contributed by atoms with van der Waals surface area (Å²) in [6.07, 6.45) is 0. The fourth-order valence-electron chi connectivity index (χ4n) is 2.34. The molecule has 0 aliphatic carbocycles. The predicted molar refractivity (Wildman–Crippen MR) is 70.8 cm³/mol. The van der Waals surface area contributed by atoms with Gasteiger partial charge in [-0.05, 0) is 12.1 Å². The number of ether oxygens (including phenoxy) is 4. The van der Waals surface area contributed by atoms with Crippen LogP contribution < -0.4 is 4.74 Å². The summed E-state index contributed by atoms with van der Waals surface area (Å²) in [4.78, 5) is 0. The first-order valence-electron chi connectivity index (χ1n) is 6.14. The summed E-state index contributed by atoms with van der Waals surface area (Å²) >= 11 is 12.6. The lowest BCUT2D eigenvalue weighted by Crippen LogP contribution is -2.43. The zero-order chi connectivity index (χ0) is 13.3. The molecule has 2 unspecified atom stereocenters. The fraction of sp³-hybridized carbons (Fsp3) is 0.538. The Kier molecular flexibility index (Phi) is 3.87. The van der Waals surface area contributed by atoms with E-state index in [9.17, 15) is 0 Å². The van der Waals surface area contributed by atoms with Crippen LogP contribution in [0, 0.1) is 0 Å². The summed E-state index contributed by atoms with van der Waals surface area (Å²) in [7, 11) is 0. The number of rotatable bonds is 0. The minimum absolute atomic E-state index is 0.363. The normalized spacial score (nSPS) is 30.0. The third kappa shape index (κ3) is 2.32. The van der Waals surface area contributed by atoms with E-state index in [0.29, 0.717) is 32.2 Å². The van der Waals surface area contributed by atoms with E-state index in [0.717, 1.165) is 5.56 Å². The number of fused-ring (bicyclic) bond motifs is 2. The van der Waals surface area contributed by atoms with Crippen LogP contribution >= 0.6 is 23.2 Å². The maximum atomic E-state index is 6.44. The summed E-state index contributed by atoms with van der Waals surface area (Å²) in [6, 6.07) is 7.52. The van der Waals surface area contributed by atoms with Crippen molar-refractivity contribution in [3.63, 3.8) is 0 Å². The van der Waals surface area contributed by atoms with Crippen molar-refractivity contribution in [2.45, 2.75) is 16.7 Å². The lowest BCUT2D eigenvalue weighted by molar-refractivity contribution is -0.178. The predicted octanol–water partition coefficient (Wildman–Crippen LogP) is 2.47. The molecule has 4 nitrogen and oxygen atoms in total. The van der Waals surface area contributed by atoms with E-state index in [4.69, 9.17) is 42.1 Å². The Balaban J connectivity index is 2.10. The molecule has 0 bridgehead atoms. The molecule has 0 N–H and O–H groups in total. The Hall–Kier alpha value is -0.520. The van der Waals surface area contributed by atoms with Gasteiger partial charge in [0.05, 0.1) is 25.4 Å². The molecule has 0 aromatic heterocycles. The van der Waals surface area contributed by atoms with Crippen LogP contribution in [-0.2, 0) is 20.0 Å². The molecule has 2 heterocycles. The number of hydrogen-bond donors (Lipinski definition) is 0. The lowest BCUT2D eigenvalue weighted by atomic mass is 10.0. The maximum absolute atomic E-state index is 6.44. The highest BCUT2D eigenvalue weighted by molar-refractivity contribution is 6.29. The van der Waals surface area contributed by atoms with Gasteiger partial charge in [0.25, 0.3) is 0 Å². The summed E-state index contributed by atoms with van der Waals surface area (Å²) in [5.41, 5.74) is 0.0400. The minimum atomic E-state index is -1.12. The van der Waals surface area contributed by atoms with Gasteiger partial charge in [-0.2, -0.15) is 0 Å². The molecule has 1 aromatic carbocycles. The van der Waals surface area contributed by atoms with Gasteiger partial charge in [-0.1, -0.05) is 23.7 Å². The monoisotopic (exact) mass is 304 g/mol. The number of alkyl halides is 2. The van der Waals surface area contributed by atoms with Gasteiger partial charge in [0.15, 0.2) is 5.56 Å². The Morgan fingerprint density at radius 2 is 1.74 bits per heavy atom. The van der Waals surface area contributed by atoms with Crippen molar-refractivity contribution in [2.24, 2.45) is 0 Å². The molecule has 1 aromatic rings. The molecule has 0 radical (unpaired) electrons. The zero-order valence-electron chi connectivity index (χ0n) is 10.2. The van der Waals surface area contributed by atoms with E-state index in [2.05, 4.69) is 0 Å². The van der Waals surface area contributed by atoms with Gasteiger partial charge in [0, 0.05) is 0 Å². The molecule has 2 atom stereocenters. The quantitative estimate of drug-likeness (QED) is 0.690. The van der Waals surface area contributed by atoms with Crippen LogP contribution in [0.5, 0.6) is 5.75 Å². The molecule has 104 valence electrons. The van der Waals surface area contributed by atoms with Gasteiger partial charge in [-0.25, -0.2) is 0 Å². The van der Waals surface area contributed by atoms with Gasteiger partial charge < -0.3 is 18.9 Å². The second kappa shape index (κ2) is 5.46. The molecular weight excluding hydrogens is 291 g/mol. The minimum Gasteiger partial charge on any atom is -0.491 e. The molecule has 0 amide bonds. The van der Waals surface area contributed by atoms with Crippen LogP contribution in [0.25, 0.3) is 0 Å². The number of hydrogen-bond acceptors (Lipinski definition) is 4. The van der Waals surface area contributed by atoms with Crippen molar-refractivity contribution in [2.75, 3.05) is 26.4 Å². The first-order chi connectivity index (χ1) is 9.24. The highest BCUT2D eigenvalue weighted by Crippen LogP contribution is 2.44. The first-order valence-corrected chi connectivity index (χ1v) is 7.01. The van der Waals surface area contributed by atoms with Gasteiger partial charge in [0.1, 0.15) is 17.7 Å².